The van der Waals surface area contributed by atoms with Gasteiger partial charge in [0.1, 0.15) is 5.82 Å². The lowest BCUT2D eigenvalue weighted by Crippen LogP contribution is -2.20. The minimum absolute atomic E-state index is 0.153. The molecular formula is C16H21FO4S. The zero-order valence-electron chi connectivity index (χ0n) is 12.6. The van der Waals surface area contributed by atoms with Gasteiger partial charge in [-0.3, -0.25) is 4.18 Å². The van der Waals surface area contributed by atoms with Crippen molar-refractivity contribution in [1.82, 2.24) is 0 Å². The van der Waals surface area contributed by atoms with Gasteiger partial charge in [-0.05, 0) is 48.4 Å². The Balaban J connectivity index is 2.05. The molecule has 0 saturated heterocycles. The largest absolute Gasteiger partial charge is 0.374 e. The normalized spacial score (nSPS) is 16.0. The predicted molar refractivity (Wildman–Crippen MR) is 82.5 cm³/mol. The zero-order valence-corrected chi connectivity index (χ0v) is 13.5. The fourth-order valence-corrected chi connectivity index (χ4v) is 2.64. The van der Waals surface area contributed by atoms with Gasteiger partial charge in [0.2, 0.25) is 0 Å². The highest BCUT2D eigenvalue weighted by atomic mass is 32.2. The quantitative estimate of drug-likeness (QED) is 0.559. The second-order valence-electron chi connectivity index (χ2n) is 5.42. The molecule has 0 aliphatic heterocycles. The van der Waals surface area contributed by atoms with Crippen LogP contribution in [0, 0.1) is 11.7 Å². The Morgan fingerprint density at radius 2 is 2.18 bits per heavy atom. The van der Waals surface area contributed by atoms with E-state index in [2.05, 4.69) is 10.8 Å². The van der Waals surface area contributed by atoms with Gasteiger partial charge in [0.15, 0.2) is 0 Å². The monoisotopic (exact) mass is 328 g/mol. The summed E-state index contributed by atoms with van der Waals surface area (Å²) in [6, 6.07) is 4.62. The Hall–Kier alpha value is -1.24. The fourth-order valence-electron chi connectivity index (χ4n) is 2.39. The molecule has 1 atom stereocenters. The molecule has 0 N–H and O–H groups in total. The van der Waals surface area contributed by atoms with Crippen molar-refractivity contribution in [2.75, 3.05) is 6.61 Å². The first-order valence-corrected chi connectivity index (χ1v) is 8.45. The summed E-state index contributed by atoms with van der Waals surface area (Å²) in [6.45, 7) is 6.41. The van der Waals surface area contributed by atoms with E-state index in [-0.39, 0.29) is 18.5 Å². The molecule has 1 aliphatic rings. The van der Waals surface area contributed by atoms with Crippen molar-refractivity contribution in [1.29, 1.82) is 0 Å². The van der Waals surface area contributed by atoms with E-state index in [1.807, 2.05) is 6.92 Å². The third kappa shape index (κ3) is 4.90. The van der Waals surface area contributed by atoms with Crippen LogP contribution < -0.4 is 0 Å². The number of halogens is 1. The van der Waals surface area contributed by atoms with Gasteiger partial charge in [0.05, 0.1) is 12.7 Å². The summed E-state index contributed by atoms with van der Waals surface area (Å²) in [6.07, 6.45) is 2.53. The number of ether oxygens (including phenoxy) is 1. The number of benzene rings is 1. The van der Waals surface area contributed by atoms with Gasteiger partial charge in [0, 0.05) is 13.0 Å². The van der Waals surface area contributed by atoms with Crippen molar-refractivity contribution >= 4 is 11.0 Å². The smallest absolute Gasteiger partial charge is 0.257 e. The number of hydrogen-bond donors (Lipinski definition) is 1. The molecule has 1 fully saturated rings. The average molecular weight is 328 g/mol. The number of hydrogen-bond acceptors (Lipinski definition) is 4. The second kappa shape index (κ2) is 7.85. The van der Waals surface area contributed by atoms with E-state index in [0.717, 1.165) is 18.4 Å². The molecule has 1 saturated carbocycles. The Morgan fingerprint density at radius 1 is 1.45 bits per heavy atom. The summed E-state index contributed by atoms with van der Waals surface area (Å²) in [4.78, 5) is 0. The highest BCUT2D eigenvalue weighted by Crippen LogP contribution is 2.38. The highest BCUT2D eigenvalue weighted by Gasteiger charge is 2.30. The van der Waals surface area contributed by atoms with Crippen LogP contribution in [0.4, 0.5) is 4.39 Å². The summed E-state index contributed by atoms with van der Waals surface area (Å²) in [5.41, 5.74) is 2.06. The average Bonchev–Trinajstić information content (AvgIpc) is 3.30. The zero-order chi connectivity index (χ0) is 16.1. The summed E-state index contributed by atoms with van der Waals surface area (Å²) in [7, 11) is -2.92. The van der Waals surface area contributed by atoms with Crippen molar-refractivity contribution in [3.8, 4) is 0 Å². The molecule has 2 rings (SSSR count). The molecule has 0 spiro atoms. The van der Waals surface area contributed by atoms with Crippen LogP contribution in [-0.4, -0.2) is 21.1 Å². The van der Waals surface area contributed by atoms with Gasteiger partial charge < -0.3 is 4.74 Å². The van der Waals surface area contributed by atoms with E-state index in [1.165, 1.54) is 6.07 Å². The van der Waals surface area contributed by atoms with Crippen LogP contribution in [-0.2, 0) is 32.9 Å². The fraction of sp³-hybridized carbons (Fsp3) is 0.500. The third-order valence-electron chi connectivity index (χ3n) is 3.74. The van der Waals surface area contributed by atoms with E-state index in [0.29, 0.717) is 30.1 Å². The Labute approximate surface area is 132 Å². The number of rotatable bonds is 9. The Bertz CT molecular complexity index is 600. The molecule has 1 aromatic carbocycles. The Morgan fingerprint density at radius 3 is 2.73 bits per heavy atom. The van der Waals surface area contributed by atoms with Crippen molar-refractivity contribution in [3.63, 3.8) is 0 Å². The molecule has 6 heteroatoms. The minimum atomic E-state index is -2.92. The van der Waals surface area contributed by atoms with Gasteiger partial charge in [-0.25, -0.2) is 12.8 Å². The molecule has 1 unspecified atom stereocenters. The van der Waals surface area contributed by atoms with Gasteiger partial charge in [-0.15, -0.1) is 0 Å². The maximum absolute atomic E-state index is 14.2. The van der Waals surface area contributed by atoms with Gasteiger partial charge in [0.25, 0.3) is 11.0 Å². The summed E-state index contributed by atoms with van der Waals surface area (Å²) in [5, 5.41) is 0. The maximum atomic E-state index is 14.2. The van der Waals surface area contributed by atoms with Crippen LogP contribution in [0.1, 0.15) is 30.9 Å². The van der Waals surface area contributed by atoms with E-state index in [4.69, 9.17) is 4.74 Å². The first kappa shape index (κ1) is 17.1. The van der Waals surface area contributed by atoms with Crippen LogP contribution in [0.3, 0.4) is 0 Å². The summed E-state index contributed by atoms with van der Waals surface area (Å²) < 4.78 is 45.1. The predicted octanol–water partition coefficient (Wildman–Crippen LogP) is 2.78. The third-order valence-corrected chi connectivity index (χ3v) is 4.08. The summed E-state index contributed by atoms with van der Waals surface area (Å²) >= 11 is 0. The lowest BCUT2D eigenvalue weighted by Gasteiger charge is -2.20. The van der Waals surface area contributed by atoms with Gasteiger partial charge >= 0.3 is 0 Å². The first-order valence-electron chi connectivity index (χ1n) is 7.36. The molecule has 122 valence electrons. The van der Waals surface area contributed by atoms with Crippen molar-refractivity contribution < 1.29 is 21.7 Å². The topological polar surface area (TPSA) is 52.6 Å². The Kier molecular flexibility index (Phi) is 6.11. The SMILES string of the molecule is C=C(C1CC1)C(Cc1ccc(CO[SH](=O)=O)cc1F)OCC. The molecule has 4 nitrogen and oxygen atoms in total. The molecular weight excluding hydrogens is 307 g/mol. The molecule has 0 heterocycles. The summed E-state index contributed by atoms with van der Waals surface area (Å²) in [5.74, 6) is 0.121. The van der Waals surface area contributed by atoms with Crippen molar-refractivity contribution in [2.24, 2.45) is 5.92 Å². The molecule has 1 aliphatic carbocycles. The van der Waals surface area contributed by atoms with E-state index < -0.39 is 11.0 Å². The maximum Gasteiger partial charge on any atom is 0.257 e. The lowest BCUT2D eigenvalue weighted by molar-refractivity contribution is 0.0846. The molecule has 22 heavy (non-hydrogen) atoms. The lowest BCUT2D eigenvalue weighted by atomic mass is 9.98. The van der Waals surface area contributed by atoms with Crippen molar-refractivity contribution in [2.45, 2.75) is 38.9 Å². The standard InChI is InChI=1S/C16H21FO4S/c1-3-20-16(11(2)13-6-7-13)9-14-5-4-12(8-15(14)17)10-21-22(18)19/h4-5,8,13,16,22H,2-3,6-7,9-10H2,1H3. The van der Waals surface area contributed by atoms with Crippen molar-refractivity contribution in [3.05, 3.63) is 47.3 Å². The van der Waals surface area contributed by atoms with Crippen LogP contribution >= 0.6 is 0 Å². The molecule has 0 amide bonds. The van der Waals surface area contributed by atoms with Gasteiger partial charge in [-0.2, -0.15) is 0 Å². The molecule has 0 radical (unpaired) electrons. The van der Waals surface area contributed by atoms with E-state index in [9.17, 15) is 12.8 Å². The van der Waals surface area contributed by atoms with E-state index in [1.54, 1.807) is 12.1 Å². The van der Waals surface area contributed by atoms with Crippen LogP contribution in [0.25, 0.3) is 0 Å². The second-order valence-corrected chi connectivity index (χ2v) is 6.13. The van der Waals surface area contributed by atoms with Crippen LogP contribution in [0.15, 0.2) is 30.4 Å². The molecule has 0 bridgehead atoms. The first-order chi connectivity index (χ1) is 10.5. The van der Waals surface area contributed by atoms with Crippen LogP contribution in [0.5, 0.6) is 0 Å². The molecule has 0 aromatic heterocycles. The van der Waals surface area contributed by atoms with Crippen LogP contribution in [0.2, 0.25) is 0 Å². The molecule has 1 aromatic rings. The van der Waals surface area contributed by atoms with Gasteiger partial charge in [-0.1, -0.05) is 18.7 Å². The van der Waals surface area contributed by atoms with E-state index >= 15 is 0 Å². The highest BCUT2D eigenvalue weighted by molar-refractivity contribution is 7.67. The number of thiol groups is 1. The minimum Gasteiger partial charge on any atom is -0.374 e.